The summed E-state index contributed by atoms with van der Waals surface area (Å²) in [5.41, 5.74) is 4.32. The van der Waals surface area contributed by atoms with Gasteiger partial charge in [-0.2, -0.15) is 5.21 Å². The van der Waals surface area contributed by atoms with E-state index >= 15 is 0 Å². The van der Waals surface area contributed by atoms with E-state index in [1.165, 1.54) is 0 Å². The van der Waals surface area contributed by atoms with Crippen LogP contribution >= 0.6 is 0 Å². The molecule has 0 aliphatic rings. The zero-order chi connectivity index (χ0) is 25.6. The van der Waals surface area contributed by atoms with Gasteiger partial charge in [0.05, 0.1) is 13.0 Å². The summed E-state index contributed by atoms with van der Waals surface area (Å²) >= 11 is 0. The molecule has 0 fully saturated rings. The number of H-pyrrole nitrogens is 1. The maximum Gasteiger partial charge on any atom is 0.353 e. The van der Waals surface area contributed by atoms with Gasteiger partial charge in [-0.3, -0.25) is 9.36 Å². The van der Waals surface area contributed by atoms with Crippen molar-refractivity contribution in [3.05, 3.63) is 106 Å². The highest BCUT2D eigenvalue weighted by Crippen LogP contribution is 2.24. The Morgan fingerprint density at radius 1 is 0.892 bits per heavy atom. The number of nitrogens with one attached hydrogen (secondary N) is 1. The quantitative estimate of drug-likeness (QED) is 0.330. The van der Waals surface area contributed by atoms with Crippen molar-refractivity contribution in [1.29, 1.82) is 0 Å². The lowest BCUT2D eigenvalue weighted by atomic mass is 10.0. The highest BCUT2D eigenvalue weighted by Gasteiger charge is 2.19. The Balaban J connectivity index is 1.38. The molecule has 0 saturated carbocycles. The highest BCUT2D eigenvalue weighted by molar-refractivity contribution is 5.80. The van der Waals surface area contributed by atoms with E-state index in [4.69, 9.17) is 0 Å². The number of carbonyl (C=O) groups is 1. The van der Waals surface area contributed by atoms with Crippen molar-refractivity contribution >= 4 is 5.91 Å². The second kappa shape index (κ2) is 10.9. The molecule has 0 aliphatic heterocycles. The van der Waals surface area contributed by atoms with Crippen LogP contribution in [-0.2, 0) is 19.4 Å². The topological polar surface area (TPSA) is 111 Å². The minimum absolute atomic E-state index is 0.128. The third-order valence-corrected chi connectivity index (χ3v) is 6.22. The Morgan fingerprint density at radius 3 is 2.41 bits per heavy atom. The summed E-state index contributed by atoms with van der Waals surface area (Å²) in [4.78, 5) is 26.2. The Morgan fingerprint density at radius 2 is 1.68 bits per heavy atom. The fourth-order valence-corrected chi connectivity index (χ4v) is 4.23. The lowest BCUT2D eigenvalue weighted by Crippen LogP contribution is -2.31. The van der Waals surface area contributed by atoms with Crippen LogP contribution in [0.5, 0.6) is 0 Å². The van der Waals surface area contributed by atoms with Crippen molar-refractivity contribution in [3.63, 3.8) is 0 Å². The van der Waals surface area contributed by atoms with Crippen LogP contribution in [0.25, 0.3) is 22.5 Å². The van der Waals surface area contributed by atoms with Crippen molar-refractivity contribution in [2.45, 2.75) is 39.2 Å². The van der Waals surface area contributed by atoms with Gasteiger partial charge in [0.25, 0.3) is 5.91 Å². The van der Waals surface area contributed by atoms with Crippen LogP contribution in [0, 0.1) is 0 Å². The zero-order valence-corrected chi connectivity index (χ0v) is 20.5. The van der Waals surface area contributed by atoms with E-state index in [0.29, 0.717) is 24.6 Å². The smallest absolute Gasteiger partial charge is 0.274 e. The molecule has 0 spiro atoms. The lowest BCUT2D eigenvalue weighted by molar-refractivity contribution is 0.0892. The van der Waals surface area contributed by atoms with E-state index in [1.54, 1.807) is 4.57 Å². The van der Waals surface area contributed by atoms with E-state index in [0.717, 1.165) is 45.3 Å². The summed E-state index contributed by atoms with van der Waals surface area (Å²) in [6.07, 6.45) is 2.62. The normalized spacial score (nSPS) is 11.1. The number of aryl methyl sites for hydroxylation is 1. The second-order valence-electron chi connectivity index (χ2n) is 8.87. The number of carbonyl (C=O) groups excluding carboxylic acids is 1. The van der Waals surface area contributed by atoms with Crippen LogP contribution in [0.3, 0.4) is 0 Å². The molecule has 1 N–H and O–H groups in total. The van der Waals surface area contributed by atoms with Gasteiger partial charge in [0.15, 0.2) is 0 Å². The van der Waals surface area contributed by atoms with Crippen molar-refractivity contribution < 1.29 is 4.79 Å². The first-order chi connectivity index (χ1) is 18.1. The number of aromatic amines is 1. The third-order valence-electron chi connectivity index (χ3n) is 6.22. The number of unbranched alkanes of at least 4 members (excludes halogenated alkanes) is 1. The third kappa shape index (κ3) is 5.45. The number of rotatable bonds is 9. The molecule has 9 nitrogen and oxygen atoms in total. The van der Waals surface area contributed by atoms with E-state index in [-0.39, 0.29) is 12.3 Å². The second-order valence-corrected chi connectivity index (χ2v) is 8.87. The predicted molar refractivity (Wildman–Crippen MR) is 140 cm³/mol. The van der Waals surface area contributed by atoms with Crippen molar-refractivity contribution in [2.75, 3.05) is 0 Å². The number of aromatic nitrogens is 7. The molecule has 2 heterocycles. The lowest BCUT2D eigenvalue weighted by Gasteiger charge is -2.08. The molecule has 5 aromatic rings. The monoisotopic (exact) mass is 493 g/mol. The molecule has 2 aromatic heterocycles. The van der Waals surface area contributed by atoms with Gasteiger partial charge in [0.1, 0.15) is 5.82 Å². The van der Waals surface area contributed by atoms with Gasteiger partial charge >= 0.3 is 5.69 Å². The summed E-state index contributed by atoms with van der Waals surface area (Å²) < 4.78 is 2.64. The Bertz CT molecular complexity index is 1540. The van der Waals surface area contributed by atoms with Gasteiger partial charge in [-0.1, -0.05) is 86.1 Å². The average Bonchev–Trinajstić information content (AvgIpc) is 3.58. The number of nitrogens with zero attached hydrogens (tertiary/aromatic N) is 6. The van der Waals surface area contributed by atoms with Gasteiger partial charge in [0.2, 0.25) is 5.82 Å². The summed E-state index contributed by atoms with van der Waals surface area (Å²) in [5.74, 6) is 0.839. The molecule has 3 aromatic carbocycles. The first-order valence-corrected chi connectivity index (χ1v) is 12.3. The molecule has 5 rings (SSSR count). The van der Waals surface area contributed by atoms with Gasteiger partial charge < -0.3 is 0 Å². The summed E-state index contributed by atoms with van der Waals surface area (Å²) in [6, 6.07) is 25.3. The fraction of sp³-hybridized carbons (Fsp3) is 0.214. The highest BCUT2D eigenvalue weighted by atomic mass is 16.2. The largest absolute Gasteiger partial charge is 0.353 e. The molecule has 0 bridgehead atoms. The van der Waals surface area contributed by atoms with Crippen LogP contribution in [-0.4, -0.2) is 40.9 Å². The van der Waals surface area contributed by atoms with Gasteiger partial charge in [-0.05, 0) is 40.0 Å². The number of benzene rings is 3. The Labute approximate surface area is 213 Å². The van der Waals surface area contributed by atoms with E-state index in [2.05, 4.69) is 32.6 Å². The molecule has 0 amide bonds. The Hall–Kier alpha value is -4.66. The predicted octanol–water partition coefficient (Wildman–Crippen LogP) is 4.17. The average molecular weight is 494 g/mol. The number of tetrazole rings is 1. The Kier molecular flexibility index (Phi) is 7.12. The number of hydrogen-bond acceptors (Lipinski definition) is 6. The zero-order valence-electron chi connectivity index (χ0n) is 20.5. The summed E-state index contributed by atoms with van der Waals surface area (Å²) in [5, 5.41) is 18.6. The SMILES string of the molecule is CCCCc1nn(C(=O)Cc2ccccc2)c(=O)n1Cc1ccc(-c2cccc(-c3nn[nH]n3)c2)cc1. The van der Waals surface area contributed by atoms with Crippen molar-refractivity contribution in [3.8, 4) is 22.5 Å². The van der Waals surface area contributed by atoms with Gasteiger partial charge in [-0.25, -0.2) is 4.79 Å². The van der Waals surface area contributed by atoms with E-state index in [1.807, 2.05) is 78.9 Å². The minimum atomic E-state index is -0.399. The van der Waals surface area contributed by atoms with E-state index in [9.17, 15) is 9.59 Å². The first kappa shape index (κ1) is 24.1. The maximum absolute atomic E-state index is 13.3. The van der Waals surface area contributed by atoms with Gasteiger partial charge in [-0.15, -0.1) is 20.0 Å². The van der Waals surface area contributed by atoms with Gasteiger partial charge in [0, 0.05) is 12.0 Å². The van der Waals surface area contributed by atoms with Crippen molar-refractivity contribution in [1.82, 2.24) is 35.0 Å². The van der Waals surface area contributed by atoms with Crippen LogP contribution in [0.15, 0.2) is 83.7 Å². The molecule has 0 unspecified atom stereocenters. The molecule has 0 aliphatic carbocycles. The molecular formula is C28H27N7O2. The molecule has 0 radical (unpaired) electrons. The molecule has 9 heteroatoms. The molecular weight excluding hydrogens is 466 g/mol. The molecule has 0 saturated heterocycles. The maximum atomic E-state index is 13.3. The fourth-order valence-electron chi connectivity index (χ4n) is 4.23. The van der Waals surface area contributed by atoms with E-state index < -0.39 is 5.69 Å². The van der Waals surface area contributed by atoms with Crippen molar-refractivity contribution in [2.24, 2.45) is 0 Å². The minimum Gasteiger partial charge on any atom is -0.274 e. The van der Waals surface area contributed by atoms with Crippen LogP contribution in [0.2, 0.25) is 0 Å². The van der Waals surface area contributed by atoms with Crippen LogP contribution in [0.1, 0.15) is 41.5 Å². The molecule has 37 heavy (non-hydrogen) atoms. The molecule has 186 valence electrons. The number of hydrogen-bond donors (Lipinski definition) is 1. The standard InChI is InChI=1S/C28H27N7O2/c1-2-3-12-25-31-35(26(36)17-20-8-5-4-6-9-20)28(37)34(25)19-21-13-15-22(16-14-21)23-10-7-11-24(18-23)27-29-32-33-30-27/h4-11,13-16,18H,2-3,12,17,19H2,1H3,(H,29,30,32,33). The summed E-state index contributed by atoms with van der Waals surface area (Å²) in [7, 11) is 0. The summed E-state index contributed by atoms with van der Waals surface area (Å²) in [6.45, 7) is 2.44. The van der Waals surface area contributed by atoms with Crippen LogP contribution in [0.4, 0.5) is 0 Å². The van der Waals surface area contributed by atoms with Crippen LogP contribution < -0.4 is 5.69 Å². The molecule has 0 atom stereocenters. The first-order valence-electron chi connectivity index (χ1n) is 12.3.